The SMILES string of the molecule is Nc1nc(Sc2cc(Br)ccc2C(=O)O)ccc1[N+](=O)[O-]. The van der Waals surface area contributed by atoms with E-state index in [2.05, 4.69) is 20.9 Å². The number of rotatable bonds is 4. The molecule has 1 aromatic carbocycles. The maximum Gasteiger partial charge on any atom is 0.336 e. The Hall–Kier alpha value is -2.13. The van der Waals surface area contributed by atoms with Crippen LogP contribution in [0.25, 0.3) is 0 Å². The van der Waals surface area contributed by atoms with Gasteiger partial charge in [-0.15, -0.1) is 0 Å². The van der Waals surface area contributed by atoms with Gasteiger partial charge in [-0.3, -0.25) is 10.1 Å². The van der Waals surface area contributed by atoms with Crippen molar-refractivity contribution in [3.63, 3.8) is 0 Å². The predicted molar refractivity (Wildman–Crippen MR) is 80.5 cm³/mol. The van der Waals surface area contributed by atoms with Gasteiger partial charge in [-0.05, 0) is 24.3 Å². The monoisotopic (exact) mass is 369 g/mol. The molecule has 1 aromatic heterocycles. The number of carboxylic acid groups (broad SMARTS) is 1. The number of anilines is 1. The second kappa shape index (κ2) is 6.10. The molecule has 108 valence electrons. The molecule has 2 aromatic rings. The Morgan fingerprint density at radius 2 is 2.10 bits per heavy atom. The lowest BCUT2D eigenvalue weighted by atomic mass is 10.2. The first-order valence-electron chi connectivity index (χ1n) is 5.50. The van der Waals surface area contributed by atoms with E-state index in [0.717, 1.165) is 11.8 Å². The van der Waals surface area contributed by atoms with Gasteiger partial charge < -0.3 is 10.8 Å². The molecule has 0 unspecified atom stereocenters. The summed E-state index contributed by atoms with van der Waals surface area (Å²) in [6, 6.07) is 7.37. The summed E-state index contributed by atoms with van der Waals surface area (Å²) in [5.74, 6) is -1.28. The summed E-state index contributed by atoms with van der Waals surface area (Å²) < 4.78 is 0.713. The predicted octanol–water partition coefficient (Wildman–Crippen LogP) is 3.18. The molecular formula is C12H8BrN3O4S. The molecule has 0 atom stereocenters. The van der Waals surface area contributed by atoms with Crippen molar-refractivity contribution >= 4 is 45.2 Å². The van der Waals surface area contributed by atoms with Gasteiger partial charge in [-0.2, -0.15) is 0 Å². The molecule has 0 aliphatic carbocycles. The summed E-state index contributed by atoms with van der Waals surface area (Å²) in [5, 5.41) is 20.2. The normalized spacial score (nSPS) is 10.3. The number of aromatic carboxylic acids is 1. The van der Waals surface area contributed by atoms with Crippen molar-refractivity contribution in [2.75, 3.05) is 5.73 Å². The minimum Gasteiger partial charge on any atom is -0.478 e. The molecule has 2 rings (SSSR count). The molecular weight excluding hydrogens is 362 g/mol. The number of carbonyl (C=O) groups is 1. The molecule has 9 heteroatoms. The maximum absolute atomic E-state index is 11.2. The second-order valence-electron chi connectivity index (χ2n) is 3.86. The van der Waals surface area contributed by atoms with Crippen LogP contribution in [0.1, 0.15) is 10.4 Å². The Bertz CT molecular complexity index is 738. The van der Waals surface area contributed by atoms with Crippen molar-refractivity contribution in [2.24, 2.45) is 0 Å². The van der Waals surface area contributed by atoms with E-state index < -0.39 is 10.9 Å². The molecule has 7 nitrogen and oxygen atoms in total. The van der Waals surface area contributed by atoms with Crippen LogP contribution in [0.4, 0.5) is 11.5 Å². The second-order valence-corrected chi connectivity index (χ2v) is 5.84. The first-order chi connectivity index (χ1) is 9.88. The number of aromatic nitrogens is 1. The average molecular weight is 370 g/mol. The molecule has 3 N–H and O–H groups in total. The molecule has 0 radical (unpaired) electrons. The number of carboxylic acids is 1. The lowest BCUT2D eigenvalue weighted by Crippen LogP contribution is -2.00. The highest BCUT2D eigenvalue weighted by molar-refractivity contribution is 9.10. The number of hydrogen-bond donors (Lipinski definition) is 2. The van der Waals surface area contributed by atoms with E-state index in [9.17, 15) is 14.9 Å². The third kappa shape index (κ3) is 3.50. The molecule has 0 fully saturated rings. The number of benzene rings is 1. The van der Waals surface area contributed by atoms with Crippen LogP contribution in [-0.4, -0.2) is 21.0 Å². The fourth-order valence-electron chi connectivity index (χ4n) is 1.53. The zero-order valence-electron chi connectivity index (χ0n) is 10.3. The van der Waals surface area contributed by atoms with E-state index in [0.29, 0.717) is 14.4 Å². The zero-order valence-corrected chi connectivity index (χ0v) is 12.7. The highest BCUT2D eigenvalue weighted by Gasteiger charge is 2.16. The highest BCUT2D eigenvalue weighted by atomic mass is 79.9. The summed E-state index contributed by atoms with van der Waals surface area (Å²) in [7, 11) is 0. The first-order valence-corrected chi connectivity index (χ1v) is 7.11. The van der Waals surface area contributed by atoms with Crippen LogP contribution in [0, 0.1) is 10.1 Å². The Kier molecular flexibility index (Phi) is 4.43. The number of nitrogen functional groups attached to an aromatic ring is 1. The van der Waals surface area contributed by atoms with Gasteiger partial charge in [0.15, 0.2) is 0 Å². The van der Waals surface area contributed by atoms with Gasteiger partial charge in [0.05, 0.1) is 10.5 Å². The molecule has 0 aliphatic heterocycles. The van der Waals surface area contributed by atoms with Crippen LogP contribution >= 0.6 is 27.7 Å². The minimum absolute atomic E-state index is 0.113. The Balaban J connectivity index is 2.38. The summed E-state index contributed by atoms with van der Waals surface area (Å²) in [6.45, 7) is 0. The molecule has 1 heterocycles. The third-order valence-corrected chi connectivity index (χ3v) is 3.95. The fourth-order valence-corrected chi connectivity index (χ4v) is 3.00. The van der Waals surface area contributed by atoms with Crippen molar-refractivity contribution in [2.45, 2.75) is 9.92 Å². The van der Waals surface area contributed by atoms with Gasteiger partial charge in [0.2, 0.25) is 5.82 Å². The van der Waals surface area contributed by atoms with E-state index in [-0.39, 0.29) is 17.1 Å². The number of nitrogens with zero attached hydrogens (tertiary/aromatic N) is 2. The third-order valence-electron chi connectivity index (χ3n) is 2.46. The molecule has 0 saturated heterocycles. The minimum atomic E-state index is -1.07. The van der Waals surface area contributed by atoms with Crippen molar-refractivity contribution < 1.29 is 14.8 Å². The summed E-state index contributed by atoms with van der Waals surface area (Å²) >= 11 is 4.33. The lowest BCUT2D eigenvalue weighted by Gasteiger charge is -2.06. The van der Waals surface area contributed by atoms with Crippen LogP contribution < -0.4 is 5.73 Å². The highest BCUT2D eigenvalue weighted by Crippen LogP contribution is 2.33. The van der Waals surface area contributed by atoms with Crippen LogP contribution in [-0.2, 0) is 0 Å². The van der Waals surface area contributed by atoms with Crippen molar-refractivity contribution in [1.29, 1.82) is 0 Å². The Morgan fingerprint density at radius 1 is 1.38 bits per heavy atom. The summed E-state index contributed by atoms with van der Waals surface area (Å²) in [5.41, 5.74) is 5.34. The molecule has 0 amide bonds. The van der Waals surface area contributed by atoms with Gasteiger partial charge in [0, 0.05) is 15.4 Å². The van der Waals surface area contributed by atoms with Crippen molar-refractivity contribution in [3.05, 3.63) is 50.5 Å². The van der Waals surface area contributed by atoms with Gasteiger partial charge in [-0.1, -0.05) is 27.7 Å². The Labute approximate surface area is 131 Å². The van der Waals surface area contributed by atoms with E-state index in [1.54, 1.807) is 12.1 Å². The molecule has 0 spiro atoms. The van der Waals surface area contributed by atoms with E-state index in [4.69, 9.17) is 10.8 Å². The number of hydrogen-bond acceptors (Lipinski definition) is 6. The van der Waals surface area contributed by atoms with Crippen LogP contribution in [0.15, 0.2) is 44.7 Å². The molecule has 0 bridgehead atoms. The molecule has 0 saturated carbocycles. The fraction of sp³-hybridized carbons (Fsp3) is 0. The van der Waals surface area contributed by atoms with E-state index in [1.165, 1.54) is 18.2 Å². The van der Waals surface area contributed by atoms with Gasteiger partial charge in [0.1, 0.15) is 5.03 Å². The Morgan fingerprint density at radius 3 is 2.67 bits per heavy atom. The number of nitrogens with two attached hydrogens (primary N) is 1. The number of pyridine rings is 1. The van der Waals surface area contributed by atoms with Gasteiger partial charge in [-0.25, -0.2) is 9.78 Å². The first kappa shape index (κ1) is 15.3. The molecule has 0 aliphatic rings. The van der Waals surface area contributed by atoms with Crippen LogP contribution in [0.3, 0.4) is 0 Å². The largest absolute Gasteiger partial charge is 0.478 e. The average Bonchev–Trinajstić information content (AvgIpc) is 2.37. The zero-order chi connectivity index (χ0) is 15.6. The number of halogens is 1. The van der Waals surface area contributed by atoms with Crippen LogP contribution in [0.5, 0.6) is 0 Å². The van der Waals surface area contributed by atoms with Crippen LogP contribution in [0.2, 0.25) is 0 Å². The lowest BCUT2D eigenvalue weighted by molar-refractivity contribution is -0.384. The van der Waals surface area contributed by atoms with E-state index in [1.807, 2.05) is 0 Å². The van der Waals surface area contributed by atoms with Gasteiger partial charge >= 0.3 is 11.7 Å². The standard InChI is InChI=1S/C12H8BrN3O4S/c13-6-1-2-7(12(17)18)9(5-6)21-10-4-3-8(16(19)20)11(14)15-10/h1-5H,(H2,14,15)(H,17,18). The smallest absolute Gasteiger partial charge is 0.336 e. The van der Waals surface area contributed by atoms with Gasteiger partial charge in [0.25, 0.3) is 0 Å². The quantitative estimate of drug-likeness (QED) is 0.626. The topological polar surface area (TPSA) is 119 Å². The summed E-state index contributed by atoms with van der Waals surface area (Å²) in [4.78, 5) is 25.6. The van der Waals surface area contributed by atoms with E-state index >= 15 is 0 Å². The summed E-state index contributed by atoms with van der Waals surface area (Å²) in [6.07, 6.45) is 0. The molecule has 21 heavy (non-hydrogen) atoms. The number of nitro groups is 1. The van der Waals surface area contributed by atoms with Crippen molar-refractivity contribution in [3.8, 4) is 0 Å². The maximum atomic E-state index is 11.2. The van der Waals surface area contributed by atoms with Crippen molar-refractivity contribution in [1.82, 2.24) is 4.98 Å².